The molecule has 0 aromatic heterocycles. The molecule has 156 valence electrons. The molecule has 2 atom stereocenters. The van der Waals surface area contributed by atoms with Gasteiger partial charge in [-0.2, -0.15) is 0 Å². The van der Waals surface area contributed by atoms with Crippen molar-refractivity contribution in [1.82, 2.24) is 0 Å². The van der Waals surface area contributed by atoms with Gasteiger partial charge in [0, 0.05) is 14.2 Å². The van der Waals surface area contributed by atoms with E-state index < -0.39 is 30.3 Å². The molecule has 0 fully saturated rings. The smallest absolute Gasteiger partial charge is 0.467 e. The Morgan fingerprint density at radius 3 is 1.67 bits per heavy atom. The summed E-state index contributed by atoms with van der Waals surface area (Å²) >= 11 is 0. The van der Waals surface area contributed by atoms with Crippen LogP contribution in [0.1, 0.15) is 0 Å². The van der Waals surface area contributed by atoms with E-state index >= 15 is 0 Å². The third-order valence-electron chi connectivity index (χ3n) is 2.67. The van der Waals surface area contributed by atoms with Crippen molar-refractivity contribution in [3.63, 3.8) is 0 Å². The second-order valence-electron chi connectivity index (χ2n) is 4.48. The van der Waals surface area contributed by atoms with Crippen LogP contribution in [0.2, 0.25) is 0 Å². The standard InChI is InChI=1S/C9H14O6.C8H14O4/c1-4-5-14-9(11)15-6-7(12-2)8(10)13-3;1-4-5-12-6-7(10-2)8(9)11-3/h4,7H,1,5-6H2,2-3H3;4,7H,1,5-6H2,2-3H3. The van der Waals surface area contributed by atoms with E-state index in [1.807, 2.05) is 0 Å². The highest BCUT2D eigenvalue weighted by atomic mass is 16.7. The van der Waals surface area contributed by atoms with Gasteiger partial charge in [0.25, 0.3) is 0 Å². The second kappa shape index (κ2) is 18.4. The van der Waals surface area contributed by atoms with Crippen LogP contribution in [0.3, 0.4) is 0 Å². The zero-order chi connectivity index (χ0) is 21.1. The van der Waals surface area contributed by atoms with Crippen molar-refractivity contribution in [2.24, 2.45) is 0 Å². The molecule has 0 aromatic carbocycles. The highest BCUT2D eigenvalue weighted by Crippen LogP contribution is 1.97. The Hall–Kier alpha value is -2.43. The fraction of sp³-hybridized carbons (Fsp3) is 0.588. The maximum absolute atomic E-state index is 11.0. The summed E-state index contributed by atoms with van der Waals surface area (Å²) in [7, 11) is 5.26. The number of ether oxygens (including phenoxy) is 7. The van der Waals surface area contributed by atoms with E-state index in [2.05, 4.69) is 32.1 Å². The molecule has 10 nitrogen and oxygen atoms in total. The van der Waals surface area contributed by atoms with Gasteiger partial charge in [0.15, 0.2) is 12.2 Å². The third-order valence-corrected chi connectivity index (χ3v) is 2.67. The van der Waals surface area contributed by atoms with Crippen LogP contribution in [-0.4, -0.2) is 85.2 Å². The summed E-state index contributed by atoms with van der Waals surface area (Å²) in [6.07, 6.45) is 0.529. The molecule has 0 saturated carbocycles. The second-order valence-corrected chi connectivity index (χ2v) is 4.48. The van der Waals surface area contributed by atoms with Gasteiger partial charge in [-0.3, -0.25) is 0 Å². The summed E-state index contributed by atoms with van der Waals surface area (Å²) in [5.74, 6) is -1.05. The van der Waals surface area contributed by atoms with E-state index in [4.69, 9.17) is 14.2 Å². The quantitative estimate of drug-likeness (QED) is 0.205. The van der Waals surface area contributed by atoms with Crippen LogP contribution < -0.4 is 0 Å². The first-order chi connectivity index (χ1) is 12.9. The molecule has 0 aliphatic carbocycles. The first-order valence-corrected chi connectivity index (χ1v) is 7.71. The minimum absolute atomic E-state index is 0.0503. The molecule has 0 aliphatic heterocycles. The van der Waals surface area contributed by atoms with E-state index in [1.54, 1.807) is 6.08 Å². The van der Waals surface area contributed by atoms with Crippen LogP contribution in [-0.2, 0) is 42.7 Å². The Bertz CT molecular complexity index is 449. The summed E-state index contributed by atoms with van der Waals surface area (Å²) in [6.45, 7) is 7.21. The number of hydrogen-bond donors (Lipinski definition) is 0. The van der Waals surface area contributed by atoms with Crippen molar-refractivity contribution in [2.75, 3.05) is 54.9 Å². The van der Waals surface area contributed by atoms with Crippen LogP contribution in [0.5, 0.6) is 0 Å². The van der Waals surface area contributed by atoms with Crippen LogP contribution in [0.25, 0.3) is 0 Å². The van der Waals surface area contributed by atoms with Crippen molar-refractivity contribution >= 4 is 18.1 Å². The van der Waals surface area contributed by atoms with E-state index in [9.17, 15) is 14.4 Å². The highest BCUT2D eigenvalue weighted by Gasteiger charge is 2.20. The fourth-order valence-corrected chi connectivity index (χ4v) is 1.30. The van der Waals surface area contributed by atoms with Gasteiger partial charge in [-0.05, 0) is 0 Å². The number of hydrogen-bond acceptors (Lipinski definition) is 10. The molecule has 2 unspecified atom stereocenters. The average molecular weight is 392 g/mol. The number of carbonyl (C=O) groups is 3. The molecule has 27 heavy (non-hydrogen) atoms. The Balaban J connectivity index is 0. The molecule has 0 saturated heterocycles. The molecular formula is C17H28O10. The van der Waals surface area contributed by atoms with Gasteiger partial charge >= 0.3 is 18.1 Å². The fourth-order valence-electron chi connectivity index (χ4n) is 1.30. The van der Waals surface area contributed by atoms with Crippen molar-refractivity contribution in [1.29, 1.82) is 0 Å². The normalized spacial score (nSPS) is 11.7. The molecule has 0 aromatic rings. The maximum Gasteiger partial charge on any atom is 0.508 e. The van der Waals surface area contributed by atoms with E-state index in [0.29, 0.717) is 6.61 Å². The largest absolute Gasteiger partial charge is 0.508 e. The SMILES string of the molecule is C=CCOC(=O)OCC(OC)C(=O)OC.C=CCOCC(OC)C(=O)OC. The molecule has 10 heteroatoms. The molecule has 0 aliphatic rings. The van der Waals surface area contributed by atoms with Gasteiger partial charge in [-0.1, -0.05) is 18.7 Å². The monoisotopic (exact) mass is 392 g/mol. The predicted octanol–water partition coefficient (Wildman–Crippen LogP) is 0.891. The van der Waals surface area contributed by atoms with E-state index in [0.717, 1.165) is 0 Å². The summed E-state index contributed by atoms with van der Waals surface area (Å²) < 4.78 is 32.5. The van der Waals surface area contributed by atoms with Gasteiger partial charge in [0.05, 0.1) is 27.4 Å². The molecule has 0 bridgehead atoms. The summed E-state index contributed by atoms with van der Waals surface area (Å²) in [6, 6.07) is 0. The summed E-state index contributed by atoms with van der Waals surface area (Å²) in [5, 5.41) is 0. The average Bonchev–Trinajstić information content (AvgIpc) is 2.69. The van der Waals surface area contributed by atoms with Gasteiger partial charge in [0.2, 0.25) is 0 Å². The number of esters is 2. The maximum atomic E-state index is 11.0. The molecule has 0 rings (SSSR count). The van der Waals surface area contributed by atoms with E-state index in [1.165, 1.54) is 34.5 Å². The molecule has 0 heterocycles. The van der Waals surface area contributed by atoms with Crippen molar-refractivity contribution in [3.05, 3.63) is 25.3 Å². The summed E-state index contributed by atoms with van der Waals surface area (Å²) in [5.41, 5.74) is 0. The highest BCUT2D eigenvalue weighted by molar-refractivity contribution is 5.75. The Labute approximate surface area is 158 Å². The molecular weight excluding hydrogens is 364 g/mol. The Morgan fingerprint density at radius 2 is 1.26 bits per heavy atom. The lowest BCUT2D eigenvalue weighted by Crippen LogP contribution is -2.30. The molecule has 0 N–H and O–H groups in total. The lowest BCUT2D eigenvalue weighted by molar-refractivity contribution is -0.156. The molecule has 0 spiro atoms. The van der Waals surface area contributed by atoms with Crippen LogP contribution in [0, 0.1) is 0 Å². The number of methoxy groups -OCH3 is 4. The van der Waals surface area contributed by atoms with Crippen molar-refractivity contribution in [3.8, 4) is 0 Å². The van der Waals surface area contributed by atoms with E-state index in [-0.39, 0.29) is 19.8 Å². The van der Waals surface area contributed by atoms with Crippen molar-refractivity contribution in [2.45, 2.75) is 12.2 Å². The number of carbonyl (C=O) groups excluding carboxylic acids is 3. The van der Waals surface area contributed by atoms with Gasteiger partial charge in [0.1, 0.15) is 13.2 Å². The summed E-state index contributed by atoms with van der Waals surface area (Å²) in [4.78, 5) is 32.7. The lowest BCUT2D eigenvalue weighted by Gasteiger charge is -2.12. The minimum atomic E-state index is -0.939. The Kier molecular flexibility index (Phi) is 18.2. The van der Waals surface area contributed by atoms with Crippen LogP contribution in [0.15, 0.2) is 25.3 Å². The first kappa shape index (κ1) is 26.8. The van der Waals surface area contributed by atoms with Crippen molar-refractivity contribution < 1.29 is 47.5 Å². The topological polar surface area (TPSA) is 116 Å². The predicted molar refractivity (Wildman–Crippen MR) is 94.1 cm³/mol. The van der Waals surface area contributed by atoms with Gasteiger partial charge < -0.3 is 33.2 Å². The molecule has 0 radical (unpaired) electrons. The zero-order valence-corrected chi connectivity index (χ0v) is 16.1. The van der Waals surface area contributed by atoms with Gasteiger partial charge in [-0.25, -0.2) is 14.4 Å². The third kappa shape index (κ3) is 14.4. The van der Waals surface area contributed by atoms with Gasteiger partial charge in [-0.15, -0.1) is 6.58 Å². The first-order valence-electron chi connectivity index (χ1n) is 7.71. The lowest BCUT2D eigenvalue weighted by atomic mass is 10.4. The zero-order valence-electron chi connectivity index (χ0n) is 16.1. The molecule has 0 amide bonds. The number of rotatable bonds is 12. The Morgan fingerprint density at radius 1 is 0.778 bits per heavy atom. The van der Waals surface area contributed by atoms with Crippen LogP contribution >= 0.6 is 0 Å². The van der Waals surface area contributed by atoms with Crippen LogP contribution in [0.4, 0.5) is 4.79 Å². The minimum Gasteiger partial charge on any atom is -0.467 e.